The molecule has 7 heteroatoms. The van der Waals surface area contributed by atoms with Crippen molar-refractivity contribution in [1.29, 1.82) is 0 Å². The Morgan fingerprint density at radius 1 is 1.43 bits per heavy atom. The summed E-state index contributed by atoms with van der Waals surface area (Å²) < 4.78 is 10.4. The largest absolute Gasteiger partial charge is 0.466 e. The number of hydrogen-bond acceptors (Lipinski definition) is 5. The van der Waals surface area contributed by atoms with Crippen LogP contribution >= 0.6 is 0 Å². The third kappa shape index (κ3) is 3.91. The van der Waals surface area contributed by atoms with Gasteiger partial charge in [0, 0.05) is 19.0 Å². The van der Waals surface area contributed by atoms with Crippen molar-refractivity contribution in [3.63, 3.8) is 0 Å². The number of furan rings is 1. The number of amides is 2. The Morgan fingerprint density at radius 3 is 2.78 bits per heavy atom. The maximum Gasteiger partial charge on any atom is 0.308 e. The number of esters is 1. The molecule has 7 nitrogen and oxygen atoms in total. The minimum Gasteiger partial charge on any atom is -0.466 e. The summed E-state index contributed by atoms with van der Waals surface area (Å²) in [6.07, 6.45) is -0.164. The second-order valence-corrected chi connectivity index (χ2v) is 5.67. The summed E-state index contributed by atoms with van der Waals surface area (Å²) in [6, 6.07) is 2.48. The zero-order valence-electron chi connectivity index (χ0n) is 13.6. The van der Waals surface area contributed by atoms with Crippen LogP contribution in [0.5, 0.6) is 0 Å². The Hall–Kier alpha value is -2.31. The first-order valence-corrected chi connectivity index (χ1v) is 7.78. The molecule has 126 valence electrons. The SMILES string of the molecule is CCOC(=O)CC1C(=O)NCCN1C(=O)c1ccc(C(C)C)o1. The number of piperazine rings is 1. The van der Waals surface area contributed by atoms with Gasteiger partial charge in [-0.2, -0.15) is 0 Å². The van der Waals surface area contributed by atoms with Crippen LogP contribution in [0.2, 0.25) is 0 Å². The first kappa shape index (κ1) is 17.1. The summed E-state index contributed by atoms with van der Waals surface area (Å²) in [5.41, 5.74) is 0. The first-order valence-electron chi connectivity index (χ1n) is 7.78. The van der Waals surface area contributed by atoms with E-state index in [0.717, 1.165) is 0 Å². The van der Waals surface area contributed by atoms with E-state index in [-0.39, 0.29) is 36.5 Å². The topological polar surface area (TPSA) is 88.9 Å². The van der Waals surface area contributed by atoms with E-state index >= 15 is 0 Å². The highest BCUT2D eigenvalue weighted by atomic mass is 16.5. The molecule has 2 rings (SSSR count). The lowest BCUT2D eigenvalue weighted by Gasteiger charge is -2.33. The molecule has 1 N–H and O–H groups in total. The van der Waals surface area contributed by atoms with E-state index < -0.39 is 12.0 Å². The van der Waals surface area contributed by atoms with E-state index in [4.69, 9.17) is 9.15 Å². The molecule has 0 bridgehead atoms. The van der Waals surface area contributed by atoms with Crippen molar-refractivity contribution >= 4 is 17.8 Å². The normalized spacial score (nSPS) is 18.0. The molecule has 1 unspecified atom stereocenters. The molecule has 0 spiro atoms. The maximum absolute atomic E-state index is 12.6. The third-order valence-corrected chi connectivity index (χ3v) is 3.66. The van der Waals surface area contributed by atoms with Crippen LogP contribution in [-0.4, -0.2) is 48.4 Å². The summed E-state index contributed by atoms with van der Waals surface area (Å²) in [6.45, 7) is 6.53. The number of nitrogens with one attached hydrogen (secondary N) is 1. The summed E-state index contributed by atoms with van der Waals surface area (Å²) in [5.74, 6) is -0.199. The molecule has 0 aliphatic carbocycles. The fourth-order valence-electron chi connectivity index (χ4n) is 2.46. The van der Waals surface area contributed by atoms with Crippen LogP contribution < -0.4 is 5.32 Å². The minimum absolute atomic E-state index is 0.163. The van der Waals surface area contributed by atoms with Crippen molar-refractivity contribution < 1.29 is 23.5 Å². The summed E-state index contributed by atoms with van der Waals surface area (Å²) in [5, 5.41) is 2.67. The molecule has 23 heavy (non-hydrogen) atoms. The lowest BCUT2D eigenvalue weighted by atomic mass is 10.1. The maximum atomic E-state index is 12.6. The van der Waals surface area contributed by atoms with Gasteiger partial charge in [-0.1, -0.05) is 13.8 Å². The monoisotopic (exact) mass is 322 g/mol. The quantitative estimate of drug-likeness (QED) is 0.825. The van der Waals surface area contributed by atoms with Crippen LogP contribution in [-0.2, 0) is 14.3 Å². The molecular formula is C16H22N2O5. The van der Waals surface area contributed by atoms with E-state index in [1.54, 1.807) is 19.1 Å². The highest BCUT2D eigenvalue weighted by Gasteiger charge is 2.36. The molecule has 1 aromatic heterocycles. The van der Waals surface area contributed by atoms with Crippen molar-refractivity contribution in [3.05, 3.63) is 23.7 Å². The molecule has 1 atom stereocenters. The number of rotatable bonds is 5. The van der Waals surface area contributed by atoms with Gasteiger partial charge in [0.1, 0.15) is 11.8 Å². The molecular weight excluding hydrogens is 300 g/mol. The molecule has 1 saturated heterocycles. The van der Waals surface area contributed by atoms with Crippen LogP contribution in [0, 0.1) is 0 Å². The van der Waals surface area contributed by atoms with Crippen LogP contribution in [0.25, 0.3) is 0 Å². The summed E-state index contributed by atoms with van der Waals surface area (Å²) in [7, 11) is 0. The molecule has 2 heterocycles. The van der Waals surface area contributed by atoms with E-state index in [2.05, 4.69) is 5.32 Å². The first-order chi connectivity index (χ1) is 10.9. The molecule has 1 aromatic rings. The smallest absolute Gasteiger partial charge is 0.308 e. The highest BCUT2D eigenvalue weighted by Crippen LogP contribution is 2.21. The predicted octanol–water partition coefficient (Wildman–Crippen LogP) is 1.30. The second kappa shape index (κ2) is 7.30. The van der Waals surface area contributed by atoms with Gasteiger partial charge in [0.05, 0.1) is 13.0 Å². The molecule has 0 aromatic carbocycles. The molecule has 1 fully saturated rings. The minimum atomic E-state index is -0.872. The van der Waals surface area contributed by atoms with Crippen molar-refractivity contribution in [2.45, 2.75) is 39.2 Å². The van der Waals surface area contributed by atoms with Gasteiger partial charge >= 0.3 is 5.97 Å². The van der Waals surface area contributed by atoms with Crippen LogP contribution in [0.4, 0.5) is 0 Å². The van der Waals surface area contributed by atoms with Gasteiger partial charge in [0.15, 0.2) is 5.76 Å². The average molecular weight is 322 g/mol. The zero-order chi connectivity index (χ0) is 17.0. The summed E-state index contributed by atoms with van der Waals surface area (Å²) >= 11 is 0. The number of hydrogen-bond donors (Lipinski definition) is 1. The zero-order valence-corrected chi connectivity index (χ0v) is 13.6. The van der Waals surface area contributed by atoms with Gasteiger partial charge in [-0.15, -0.1) is 0 Å². The van der Waals surface area contributed by atoms with Crippen molar-refractivity contribution in [1.82, 2.24) is 10.2 Å². The van der Waals surface area contributed by atoms with E-state index in [0.29, 0.717) is 18.8 Å². The Bertz CT molecular complexity index is 593. The van der Waals surface area contributed by atoms with Gasteiger partial charge in [0.2, 0.25) is 5.91 Å². The Kier molecular flexibility index (Phi) is 5.41. The van der Waals surface area contributed by atoms with Crippen molar-refractivity contribution in [2.75, 3.05) is 19.7 Å². The number of carbonyl (C=O) groups is 3. The number of carbonyl (C=O) groups excluding carboxylic acids is 3. The fraction of sp³-hybridized carbons (Fsp3) is 0.562. The molecule has 1 aliphatic heterocycles. The fourth-order valence-corrected chi connectivity index (χ4v) is 2.46. The molecule has 1 aliphatic rings. The molecule has 0 saturated carbocycles. The van der Waals surface area contributed by atoms with Gasteiger partial charge < -0.3 is 19.4 Å². The van der Waals surface area contributed by atoms with Crippen molar-refractivity contribution in [3.8, 4) is 0 Å². The van der Waals surface area contributed by atoms with Crippen LogP contribution in [0.3, 0.4) is 0 Å². The molecule has 2 amide bonds. The van der Waals surface area contributed by atoms with Gasteiger partial charge in [-0.05, 0) is 19.1 Å². The van der Waals surface area contributed by atoms with E-state index in [1.807, 2.05) is 13.8 Å². The Labute approximate surface area is 135 Å². The van der Waals surface area contributed by atoms with Gasteiger partial charge in [-0.25, -0.2) is 0 Å². The second-order valence-electron chi connectivity index (χ2n) is 5.67. The van der Waals surface area contributed by atoms with Crippen LogP contribution in [0.1, 0.15) is 49.4 Å². The van der Waals surface area contributed by atoms with E-state index in [1.165, 1.54) is 4.90 Å². The predicted molar refractivity (Wildman–Crippen MR) is 81.9 cm³/mol. The van der Waals surface area contributed by atoms with E-state index in [9.17, 15) is 14.4 Å². The number of ether oxygens (including phenoxy) is 1. The average Bonchev–Trinajstić information content (AvgIpc) is 2.99. The lowest BCUT2D eigenvalue weighted by Crippen LogP contribution is -2.57. The van der Waals surface area contributed by atoms with Gasteiger partial charge in [-0.3, -0.25) is 14.4 Å². The number of nitrogens with zero attached hydrogens (tertiary/aromatic N) is 1. The highest BCUT2D eigenvalue weighted by molar-refractivity contribution is 5.97. The Balaban J connectivity index is 2.17. The summed E-state index contributed by atoms with van der Waals surface area (Å²) in [4.78, 5) is 37.7. The van der Waals surface area contributed by atoms with Crippen molar-refractivity contribution in [2.24, 2.45) is 0 Å². The standard InChI is InChI=1S/C16H22N2O5/c1-4-22-14(19)9-11-15(20)17-7-8-18(11)16(21)13-6-5-12(23-13)10(2)3/h5-6,10-11H,4,7-9H2,1-3H3,(H,17,20). The van der Waals surface area contributed by atoms with Gasteiger partial charge in [0.25, 0.3) is 5.91 Å². The third-order valence-electron chi connectivity index (χ3n) is 3.66. The lowest BCUT2D eigenvalue weighted by molar-refractivity contribution is -0.147. The molecule has 0 radical (unpaired) electrons. The van der Waals surface area contributed by atoms with Crippen LogP contribution in [0.15, 0.2) is 16.5 Å². The Morgan fingerprint density at radius 2 is 2.17 bits per heavy atom.